The SMILES string of the molecule is CCOc1cc(/C=N\NC(=O)c2cc(Br)ccc2O)ccc1OC(=O)c1cc(OC)c(OC)c(OC)c1. The van der Waals surface area contributed by atoms with Gasteiger partial charge in [0.1, 0.15) is 5.75 Å². The number of benzene rings is 3. The predicted molar refractivity (Wildman–Crippen MR) is 140 cm³/mol. The third-order valence-electron chi connectivity index (χ3n) is 4.95. The van der Waals surface area contributed by atoms with Crippen LogP contribution in [-0.4, -0.2) is 51.1 Å². The highest BCUT2D eigenvalue weighted by Crippen LogP contribution is 2.39. The molecule has 0 aliphatic rings. The Morgan fingerprint density at radius 1 is 0.946 bits per heavy atom. The van der Waals surface area contributed by atoms with Crippen molar-refractivity contribution in [3.8, 4) is 34.5 Å². The third kappa shape index (κ3) is 6.70. The Hall–Kier alpha value is -4.25. The number of amides is 1. The van der Waals surface area contributed by atoms with Gasteiger partial charge in [-0.2, -0.15) is 5.10 Å². The van der Waals surface area contributed by atoms with Gasteiger partial charge in [-0.25, -0.2) is 10.2 Å². The molecule has 3 aromatic rings. The molecule has 0 aliphatic heterocycles. The van der Waals surface area contributed by atoms with Gasteiger partial charge in [-0.05, 0) is 61.0 Å². The minimum atomic E-state index is -0.664. The van der Waals surface area contributed by atoms with Gasteiger partial charge < -0.3 is 28.8 Å². The van der Waals surface area contributed by atoms with Crippen LogP contribution < -0.4 is 29.1 Å². The van der Waals surface area contributed by atoms with Gasteiger partial charge in [0.2, 0.25) is 5.75 Å². The van der Waals surface area contributed by atoms with Crippen LogP contribution in [0.1, 0.15) is 33.2 Å². The number of hydrogen-bond donors (Lipinski definition) is 2. The van der Waals surface area contributed by atoms with Crippen LogP contribution in [0.4, 0.5) is 0 Å². The number of aromatic hydroxyl groups is 1. The maximum absolute atomic E-state index is 12.9. The highest BCUT2D eigenvalue weighted by Gasteiger charge is 2.20. The Bertz CT molecular complexity index is 1300. The summed E-state index contributed by atoms with van der Waals surface area (Å²) in [5.74, 6) is 0.0187. The summed E-state index contributed by atoms with van der Waals surface area (Å²) in [6.45, 7) is 2.10. The van der Waals surface area contributed by atoms with Crippen LogP contribution in [0.5, 0.6) is 34.5 Å². The number of nitrogens with one attached hydrogen (secondary N) is 1. The molecular weight excluding hydrogens is 548 g/mol. The summed E-state index contributed by atoms with van der Waals surface area (Å²) in [4.78, 5) is 25.2. The number of phenolic OH excluding ortho intramolecular Hbond substituents is 1. The third-order valence-corrected chi connectivity index (χ3v) is 5.45. The molecule has 0 aromatic heterocycles. The number of hydrogen-bond acceptors (Lipinski definition) is 9. The summed E-state index contributed by atoms with van der Waals surface area (Å²) < 4.78 is 27.7. The molecule has 0 aliphatic carbocycles. The first-order valence-corrected chi connectivity index (χ1v) is 11.7. The molecule has 0 atom stereocenters. The molecule has 10 nitrogen and oxygen atoms in total. The van der Waals surface area contributed by atoms with Crippen molar-refractivity contribution in [2.75, 3.05) is 27.9 Å². The first-order valence-electron chi connectivity index (χ1n) is 10.9. The Balaban J connectivity index is 1.78. The van der Waals surface area contributed by atoms with Crippen LogP contribution in [0.15, 0.2) is 58.1 Å². The number of carbonyl (C=O) groups excluding carboxylic acids is 2. The second kappa shape index (κ2) is 12.6. The van der Waals surface area contributed by atoms with Crippen LogP contribution in [0.2, 0.25) is 0 Å². The van der Waals surface area contributed by atoms with E-state index in [9.17, 15) is 14.7 Å². The van der Waals surface area contributed by atoms with Crippen molar-refractivity contribution >= 4 is 34.0 Å². The van der Waals surface area contributed by atoms with E-state index in [0.717, 1.165) is 0 Å². The van der Waals surface area contributed by atoms with Crippen LogP contribution in [0, 0.1) is 0 Å². The number of rotatable bonds is 10. The van der Waals surface area contributed by atoms with E-state index in [-0.39, 0.29) is 22.6 Å². The molecule has 3 aromatic carbocycles. The van der Waals surface area contributed by atoms with Crippen LogP contribution in [0.25, 0.3) is 0 Å². The van der Waals surface area contributed by atoms with E-state index in [1.165, 1.54) is 51.8 Å². The van der Waals surface area contributed by atoms with Crippen LogP contribution in [-0.2, 0) is 0 Å². The topological polar surface area (TPSA) is 125 Å². The van der Waals surface area contributed by atoms with Gasteiger partial charge in [-0.15, -0.1) is 0 Å². The molecule has 11 heteroatoms. The van der Waals surface area contributed by atoms with Gasteiger partial charge in [0.15, 0.2) is 23.0 Å². The Labute approximate surface area is 221 Å². The monoisotopic (exact) mass is 572 g/mol. The lowest BCUT2D eigenvalue weighted by Crippen LogP contribution is -2.17. The van der Waals surface area contributed by atoms with E-state index in [4.69, 9.17) is 23.7 Å². The average Bonchev–Trinajstić information content (AvgIpc) is 2.90. The highest BCUT2D eigenvalue weighted by atomic mass is 79.9. The fourth-order valence-corrected chi connectivity index (χ4v) is 3.59. The molecule has 1 amide bonds. The van der Waals surface area contributed by atoms with Crippen molar-refractivity contribution in [2.24, 2.45) is 5.10 Å². The lowest BCUT2D eigenvalue weighted by atomic mass is 10.1. The van der Waals surface area contributed by atoms with Crippen molar-refractivity contribution in [1.82, 2.24) is 5.43 Å². The average molecular weight is 573 g/mol. The fourth-order valence-electron chi connectivity index (χ4n) is 3.23. The first-order chi connectivity index (χ1) is 17.8. The Kier molecular flexibility index (Phi) is 9.33. The van der Waals surface area contributed by atoms with E-state index in [2.05, 4.69) is 26.5 Å². The van der Waals surface area contributed by atoms with E-state index >= 15 is 0 Å². The van der Waals surface area contributed by atoms with E-state index in [1.807, 2.05) is 0 Å². The number of phenols is 1. The number of methoxy groups -OCH3 is 3. The lowest BCUT2D eigenvalue weighted by molar-refractivity contribution is 0.0727. The maximum atomic E-state index is 12.9. The summed E-state index contributed by atoms with van der Waals surface area (Å²) in [5, 5.41) is 13.8. The van der Waals surface area contributed by atoms with Gasteiger partial charge in [0.25, 0.3) is 5.91 Å². The second-order valence-electron chi connectivity index (χ2n) is 7.30. The maximum Gasteiger partial charge on any atom is 0.343 e. The van der Waals surface area contributed by atoms with E-state index in [0.29, 0.717) is 39.6 Å². The molecule has 0 heterocycles. The van der Waals surface area contributed by atoms with Crippen LogP contribution >= 0.6 is 15.9 Å². The zero-order chi connectivity index (χ0) is 26.9. The summed E-state index contributed by atoms with van der Waals surface area (Å²) in [6.07, 6.45) is 1.39. The zero-order valence-electron chi connectivity index (χ0n) is 20.5. The molecule has 194 valence electrons. The van der Waals surface area contributed by atoms with Crippen LogP contribution in [0.3, 0.4) is 0 Å². The number of ether oxygens (including phenoxy) is 5. The van der Waals surface area contributed by atoms with E-state index < -0.39 is 11.9 Å². The first kappa shape index (κ1) is 27.3. The molecule has 0 radical (unpaired) electrons. The fraction of sp³-hybridized carbons (Fsp3) is 0.192. The minimum Gasteiger partial charge on any atom is -0.507 e. The standard InChI is InChI=1S/C26H25BrN2O8/c1-5-36-21-10-15(14-28-29-25(31)18-13-17(27)7-8-19(18)30)6-9-20(21)37-26(32)16-11-22(33-2)24(35-4)23(12-16)34-3/h6-14,30H,5H2,1-4H3,(H,29,31)/b28-14-. The summed E-state index contributed by atoms with van der Waals surface area (Å²) in [7, 11) is 4.36. The molecule has 0 spiro atoms. The summed E-state index contributed by atoms with van der Waals surface area (Å²) >= 11 is 3.25. The molecule has 0 saturated heterocycles. The summed E-state index contributed by atoms with van der Waals surface area (Å²) in [5.41, 5.74) is 3.17. The molecule has 0 unspecified atom stereocenters. The number of carbonyl (C=O) groups is 2. The molecule has 0 fully saturated rings. The normalized spacial score (nSPS) is 10.6. The minimum absolute atomic E-state index is 0.0654. The van der Waals surface area contributed by atoms with Crippen molar-refractivity contribution < 1.29 is 38.4 Å². The molecule has 0 bridgehead atoms. The van der Waals surface area contributed by atoms with Crippen molar-refractivity contribution in [2.45, 2.75) is 6.92 Å². The lowest BCUT2D eigenvalue weighted by Gasteiger charge is -2.15. The van der Waals surface area contributed by atoms with E-state index in [1.54, 1.807) is 31.2 Å². The molecule has 3 rings (SSSR count). The second-order valence-corrected chi connectivity index (χ2v) is 8.22. The molecule has 2 N–H and O–H groups in total. The number of hydrazone groups is 1. The van der Waals surface area contributed by atoms with Crippen molar-refractivity contribution in [3.05, 3.63) is 69.7 Å². The van der Waals surface area contributed by atoms with Gasteiger partial charge in [0, 0.05) is 4.47 Å². The molecular formula is C26H25BrN2O8. The summed E-state index contributed by atoms with van der Waals surface area (Å²) in [6, 6.07) is 12.2. The predicted octanol–water partition coefficient (Wildman–Crippen LogP) is 4.56. The largest absolute Gasteiger partial charge is 0.507 e. The smallest absolute Gasteiger partial charge is 0.343 e. The van der Waals surface area contributed by atoms with Gasteiger partial charge in [-0.3, -0.25) is 4.79 Å². The van der Waals surface area contributed by atoms with Gasteiger partial charge in [-0.1, -0.05) is 15.9 Å². The Morgan fingerprint density at radius 3 is 2.27 bits per heavy atom. The van der Waals surface area contributed by atoms with Gasteiger partial charge in [0.05, 0.1) is 45.3 Å². The number of nitrogens with zero attached hydrogens (tertiary/aromatic N) is 1. The zero-order valence-corrected chi connectivity index (χ0v) is 22.1. The van der Waals surface area contributed by atoms with Gasteiger partial charge >= 0.3 is 5.97 Å². The van der Waals surface area contributed by atoms with Crippen molar-refractivity contribution in [1.29, 1.82) is 0 Å². The Morgan fingerprint density at radius 2 is 1.65 bits per heavy atom. The number of esters is 1. The van der Waals surface area contributed by atoms with Crippen molar-refractivity contribution in [3.63, 3.8) is 0 Å². The quantitative estimate of drug-likeness (QED) is 0.157. The highest BCUT2D eigenvalue weighted by molar-refractivity contribution is 9.10. The molecule has 0 saturated carbocycles. The number of halogens is 1. The molecule has 37 heavy (non-hydrogen) atoms.